The third-order valence-electron chi connectivity index (χ3n) is 3.90. The fourth-order valence-electron chi connectivity index (χ4n) is 2.33. The quantitative estimate of drug-likeness (QED) is 0.512. The number of ether oxygens (including phenoxy) is 1. The van der Waals surface area contributed by atoms with E-state index in [1.54, 1.807) is 36.0 Å². The second kappa shape index (κ2) is 9.62. The zero-order chi connectivity index (χ0) is 19.9. The van der Waals surface area contributed by atoms with Crippen LogP contribution in [0.3, 0.4) is 0 Å². The van der Waals surface area contributed by atoms with Gasteiger partial charge < -0.3 is 14.9 Å². The van der Waals surface area contributed by atoms with E-state index in [9.17, 15) is 9.90 Å². The molecule has 27 heavy (non-hydrogen) atoms. The van der Waals surface area contributed by atoms with Crippen LogP contribution in [0.5, 0.6) is 5.75 Å². The Bertz CT molecular complexity index is 758. The summed E-state index contributed by atoms with van der Waals surface area (Å²) in [6.45, 7) is 6.76. The molecule has 0 aliphatic rings. The Labute approximate surface area is 164 Å². The van der Waals surface area contributed by atoms with Crippen molar-refractivity contribution in [1.82, 2.24) is 0 Å². The van der Waals surface area contributed by atoms with Gasteiger partial charge in [-0.1, -0.05) is 45.0 Å². The number of benzene rings is 2. The van der Waals surface area contributed by atoms with Gasteiger partial charge in [-0.05, 0) is 46.9 Å². The third kappa shape index (κ3) is 7.49. The highest BCUT2D eigenvalue weighted by Gasteiger charge is 2.13. The zero-order valence-electron chi connectivity index (χ0n) is 15.9. The van der Waals surface area contributed by atoms with Gasteiger partial charge in [0.15, 0.2) is 0 Å². The van der Waals surface area contributed by atoms with Crippen molar-refractivity contribution in [3.05, 3.63) is 65.7 Å². The first-order valence-corrected chi connectivity index (χ1v) is 9.78. The number of thioether (sulfide) groups is 1. The predicted octanol–water partition coefficient (Wildman–Crippen LogP) is 4.61. The summed E-state index contributed by atoms with van der Waals surface area (Å²) >= 11 is 1.60. The number of carboxylic acid groups (broad SMARTS) is 1. The Morgan fingerprint density at radius 2 is 1.74 bits per heavy atom. The largest absolute Gasteiger partial charge is 0.491 e. The first-order chi connectivity index (χ1) is 12.7. The van der Waals surface area contributed by atoms with Crippen LogP contribution in [0.1, 0.15) is 31.9 Å². The molecule has 0 amide bonds. The number of carbonyl (C=O) groups is 1. The van der Waals surface area contributed by atoms with E-state index < -0.39 is 12.1 Å². The summed E-state index contributed by atoms with van der Waals surface area (Å²) < 4.78 is 5.60. The lowest BCUT2D eigenvalue weighted by molar-refractivity contribution is -0.131. The maximum absolute atomic E-state index is 10.5. The topological polar surface area (TPSA) is 66.8 Å². The molecule has 2 aromatic carbocycles. The van der Waals surface area contributed by atoms with Crippen molar-refractivity contribution in [3.8, 4) is 5.75 Å². The van der Waals surface area contributed by atoms with E-state index in [4.69, 9.17) is 9.84 Å². The molecule has 0 fully saturated rings. The summed E-state index contributed by atoms with van der Waals surface area (Å²) in [7, 11) is 0. The van der Waals surface area contributed by atoms with E-state index >= 15 is 0 Å². The van der Waals surface area contributed by atoms with Gasteiger partial charge in [0.2, 0.25) is 0 Å². The molecular weight excluding hydrogens is 360 g/mol. The average Bonchev–Trinajstić information content (AvgIpc) is 2.63. The van der Waals surface area contributed by atoms with Crippen molar-refractivity contribution < 1.29 is 19.7 Å². The van der Waals surface area contributed by atoms with Crippen molar-refractivity contribution in [1.29, 1.82) is 0 Å². The summed E-state index contributed by atoms with van der Waals surface area (Å²) in [6.07, 6.45) is 2.02. The highest BCUT2D eigenvalue weighted by molar-refractivity contribution is 7.99. The minimum absolute atomic E-state index is 0.134. The van der Waals surface area contributed by atoms with E-state index in [1.165, 1.54) is 11.6 Å². The van der Waals surface area contributed by atoms with Gasteiger partial charge in [0.25, 0.3) is 0 Å². The average molecular weight is 387 g/mol. The monoisotopic (exact) mass is 386 g/mol. The van der Waals surface area contributed by atoms with Crippen LogP contribution in [-0.2, 0) is 10.2 Å². The van der Waals surface area contributed by atoms with Crippen LogP contribution in [0.25, 0.3) is 6.08 Å². The maximum Gasteiger partial charge on any atom is 0.328 e. The standard InChI is InChI=1S/C22H26O4S/c1-22(2,3)17-7-11-20(12-8-17)27-15-18(23)14-26-19-9-4-16(5-10-19)6-13-21(24)25/h4-13,18,23H,14-15H2,1-3H3,(H,24,25). The Morgan fingerprint density at radius 3 is 2.30 bits per heavy atom. The molecule has 2 N–H and O–H groups in total. The molecule has 1 atom stereocenters. The van der Waals surface area contributed by atoms with Crippen molar-refractivity contribution in [2.45, 2.75) is 37.2 Å². The zero-order valence-corrected chi connectivity index (χ0v) is 16.7. The summed E-state index contributed by atoms with van der Waals surface area (Å²) in [5.41, 5.74) is 2.20. The summed E-state index contributed by atoms with van der Waals surface area (Å²) in [6, 6.07) is 15.5. The number of rotatable bonds is 8. The Kier molecular flexibility index (Phi) is 7.51. The predicted molar refractivity (Wildman–Crippen MR) is 110 cm³/mol. The van der Waals surface area contributed by atoms with Crippen molar-refractivity contribution in [3.63, 3.8) is 0 Å². The van der Waals surface area contributed by atoms with Crippen LogP contribution in [0.2, 0.25) is 0 Å². The summed E-state index contributed by atoms with van der Waals surface area (Å²) in [5.74, 6) is 0.207. The van der Waals surface area contributed by atoms with Crippen LogP contribution < -0.4 is 4.74 Å². The Balaban J connectivity index is 1.77. The molecule has 0 saturated heterocycles. The van der Waals surface area contributed by atoms with Gasteiger partial charge >= 0.3 is 5.97 Å². The molecule has 5 heteroatoms. The Morgan fingerprint density at radius 1 is 1.11 bits per heavy atom. The molecule has 4 nitrogen and oxygen atoms in total. The molecule has 0 radical (unpaired) electrons. The normalized spacial score (nSPS) is 12.9. The molecule has 1 unspecified atom stereocenters. The molecule has 0 aromatic heterocycles. The minimum Gasteiger partial charge on any atom is -0.491 e. The van der Waals surface area contributed by atoms with Crippen LogP contribution in [-0.4, -0.2) is 34.6 Å². The number of carboxylic acids is 1. The van der Waals surface area contributed by atoms with Gasteiger partial charge in [-0.15, -0.1) is 11.8 Å². The number of aliphatic hydroxyl groups excluding tert-OH is 1. The van der Waals surface area contributed by atoms with Gasteiger partial charge in [0, 0.05) is 16.7 Å². The molecule has 144 valence electrons. The highest BCUT2D eigenvalue weighted by Crippen LogP contribution is 2.26. The van der Waals surface area contributed by atoms with Crippen LogP contribution in [0, 0.1) is 0 Å². The lowest BCUT2D eigenvalue weighted by Gasteiger charge is -2.19. The first kappa shape index (κ1) is 21.1. The fourth-order valence-corrected chi connectivity index (χ4v) is 3.14. The molecule has 2 rings (SSSR count). The van der Waals surface area contributed by atoms with Gasteiger partial charge in [0.1, 0.15) is 12.4 Å². The van der Waals surface area contributed by atoms with Crippen molar-refractivity contribution >= 4 is 23.8 Å². The SMILES string of the molecule is CC(C)(C)c1ccc(SCC(O)COc2ccc(C=CC(=O)O)cc2)cc1. The minimum atomic E-state index is -0.982. The van der Waals surface area contributed by atoms with Gasteiger partial charge in [-0.25, -0.2) is 4.79 Å². The molecule has 0 aliphatic carbocycles. The van der Waals surface area contributed by atoms with Crippen LogP contribution >= 0.6 is 11.8 Å². The van der Waals surface area contributed by atoms with E-state index in [2.05, 4.69) is 45.0 Å². The van der Waals surface area contributed by atoms with E-state index in [-0.39, 0.29) is 12.0 Å². The molecule has 0 bridgehead atoms. The first-order valence-electron chi connectivity index (χ1n) is 8.79. The smallest absolute Gasteiger partial charge is 0.328 e. The van der Waals surface area contributed by atoms with E-state index in [0.29, 0.717) is 11.5 Å². The lowest BCUT2D eigenvalue weighted by Crippen LogP contribution is -2.20. The highest BCUT2D eigenvalue weighted by atomic mass is 32.2. The Hall–Kier alpha value is -2.24. The molecule has 0 aliphatic heterocycles. The number of aliphatic carboxylic acids is 1. The van der Waals surface area contributed by atoms with Crippen molar-refractivity contribution in [2.24, 2.45) is 0 Å². The van der Waals surface area contributed by atoms with E-state index in [1.807, 2.05) is 0 Å². The second-order valence-corrected chi connectivity index (χ2v) is 8.38. The molecule has 0 spiro atoms. The molecule has 2 aromatic rings. The molecular formula is C22H26O4S. The number of aliphatic hydroxyl groups is 1. The van der Waals surface area contributed by atoms with E-state index in [0.717, 1.165) is 16.5 Å². The van der Waals surface area contributed by atoms with Gasteiger partial charge in [-0.3, -0.25) is 0 Å². The molecule has 0 heterocycles. The molecule has 0 saturated carbocycles. The second-order valence-electron chi connectivity index (χ2n) is 7.29. The third-order valence-corrected chi connectivity index (χ3v) is 5.06. The lowest BCUT2D eigenvalue weighted by atomic mass is 9.87. The number of hydrogen-bond acceptors (Lipinski definition) is 4. The van der Waals surface area contributed by atoms with Gasteiger partial charge in [-0.2, -0.15) is 0 Å². The summed E-state index contributed by atoms with van der Waals surface area (Å²) in [5, 5.41) is 18.7. The summed E-state index contributed by atoms with van der Waals surface area (Å²) in [4.78, 5) is 11.6. The fraction of sp³-hybridized carbons (Fsp3) is 0.318. The van der Waals surface area contributed by atoms with Crippen LogP contribution in [0.15, 0.2) is 59.5 Å². The maximum atomic E-state index is 10.5. The van der Waals surface area contributed by atoms with Gasteiger partial charge in [0.05, 0.1) is 6.10 Å². The van der Waals surface area contributed by atoms with Crippen LogP contribution in [0.4, 0.5) is 0 Å². The van der Waals surface area contributed by atoms with Crippen molar-refractivity contribution in [2.75, 3.05) is 12.4 Å². The number of hydrogen-bond donors (Lipinski definition) is 2.